The summed E-state index contributed by atoms with van der Waals surface area (Å²) < 4.78 is 15.5. The zero-order valence-corrected chi connectivity index (χ0v) is 13.6. The van der Waals surface area contributed by atoms with E-state index in [9.17, 15) is 9.59 Å². The maximum Gasteiger partial charge on any atom is 0.338 e. The molecule has 124 valence electrons. The Bertz CT molecular complexity index is 762. The van der Waals surface area contributed by atoms with Gasteiger partial charge >= 0.3 is 5.97 Å². The molecule has 0 radical (unpaired) electrons. The normalized spacial score (nSPS) is 12.3. The Hall–Kier alpha value is -2.82. The van der Waals surface area contributed by atoms with Crippen LogP contribution in [0, 0.1) is 0 Å². The van der Waals surface area contributed by atoms with E-state index in [1.54, 1.807) is 30.3 Å². The first-order valence-corrected chi connectivity index (χ1v) is 7.74. The van der Waals surface area contributed by atoms with Gasteiger partial charge in [0.1, 0.15) is 0 Å². The number of rotatable bonds is 5. The molecule has 0 saturated carbocycles. The minimum atomic E-state index is -0.569. The summed E-state index contributed by atoms with van der Waals surface area (Å²) in [6, 6.07) is 12.1. The van der Waals surface area contributed by atoms with Crippen molar-refractivity contribution in [3.8, 4) is 11.5 Å². The summed E-state index contributed by atoms with van der Waals surface area (Å²) in [5.41, 5.74) is 2.00. The molecule has 0 unspecified atom stereocenters. The Morgan fingerprint density at radius 1 is 1.00 bits per heavy atom. The molecule has 1 aliphatic heterocycles. The lowest BCUT2D eigenvalue weighted by Crippen LogP contribution is -2.14. The van der Waals surface area contributed by atoms with Crippen LogP contribution >= 0.6 is 0 Å². The Morgan fingerprint density at radius 3 is 2.38 bits per heavy atom. The predicted octanol–water partition coefficient (Wildman–Crippen LogP) is 3.58. The van der Waals surface area contributed by atoms with E-state index in [0.717, 1.165) is 5.56 Å². The second kappa shape index (κ2) is 6.74. The van der Waals surface area contributed by atoms with E-state index in [4.69, 9.17) is 14.2 Å². The summed E-state index contributed by atoms with van der Waals surface area (Å²) in [5, 5.41) is 0. The van der Waals surface area contributed by atoms with E-state index in [2.05, 4.69) is 13.8 Å². The third kappa shape index (κ3) is 3.40. The molecule has 5 heteroatoms. The highest BCUT2D eigenvalue weighted by Crippen LogP contribution is 2.32. The van der Waals surface area contributed by atoms with Crippen LogP contribution in [-0.2, 0) is 4.74 Å². The van der Waals surface area contributed by atoms with E-state index < -0.39 is 5.97 Å². The molecule has 1 heterocycles. The summed E-state index contributed by atoms with van der Waals surface area (Å²) in [6.45, 7) is 4.01. The van der Waals surface area contributed by atoms with Crippen LogP contribution in [-0.4, -0.2) is 25.2 Å². The Kier molecular flexibility index (Phi) is 4.51. The lowest BCUT2D eigenvalue weighted by Gasteiger charge is -2.07. The first-order chi connectivity index (χ1) is 11.5. The van der Waals surface area contributed by atoms with Gasteiger partial charge in [0.15, 0.2) is 23.9 Å². The lowest BCUT2D eigenvalue weighted by atomic mass is 10.0. The number of hydrogen-bond donors (Lipinski definition) is 0. The minimum Gasteiger partial charge on any atom is -0.454 e. The Morgan fingerprint density at radius 2 is 1.67 bits per heavy atom. The lowest BCUT2D eigenvalue weighted by molar-refractivity contribution is 0.0474. The molecular formula is C19H18O5. The number of hydrogen-bond acceptors (Lipinski definition) is 5. The van der Waals surface area contributed by atoms with Crippen LogP contribution in [0.25, 0.3) is 0 Å². The molecule has 0 bridgehead atoms. The molecule has 1 aliphatic rings. The van der Waals surface area contributed by atoms with Crippen molar-refractivity contribution < 1.29 is 23.8 Å². The van der Waals surface area contributed by atoms with Crippen molar-refractivity contribution in [2.45, 2.75) is 19.8 Å². The van der Waals surface area contributed by atoms with Gasteiger partial charge in [0, 0.05) is 5.56 Å². The van der Waals surface area contributed by atoms with Gasteiger partial charge < -0.3 is 14.2 Å². The predicted molar refractivity (Wildman–Crippen MR) is 87.7 cm³/mol. The van der Waals surface area contributed by atoms with E-state index in [-0.39, 0.29) is 19.2 Å². The Labute approximate surface area is 140 Å². The van der Waals surface area contributed by atoms with E-state index in [1.807, 2.05) is 12.1 Å². The number of esters is 1. The third-order valence-electron chi connectivity index (χ3n) is 3.84. The standard InChI is InChI=1S/C19H18O5/c1-12(2)13-3-5-14(6-4-13)16(20)10-22-19(21)15-7-8-17-18(9-15)24-11-23-17/h3-9,12H,10-11H2,1-2H3. The zero-order valence-electron chi connectivity index (χ0n) is 13.6. The maximum atomic E-state index is 12.1. The first-order valence-electron chi connectivity index (χ1n) is 7.74. The quantitative estimate of drug-likeness (QED) is 0.621. The fourth-order valence-electron chi connectivity index (χ4n) is 2.38. The van der Waals surface area contributed by atoms with Crippen LogP contribution in [0.5, 0.6) is 11.5 Å². The van der Waals surface area contributed by atoms with Crippen molar-refractivity contribution >= 4 is 11.8 Å². The topological polar surface area (TPSA) is 61.8 Å². The van der Waals surface area contributed by atoms with Gasteiger partial charge in [0.05, 0.1) is 5.56 Å². The number of ether oxygens (including phenoxy) is 3. The van der Waals surface area contributed by atoms with Gasteiger partial charge in [-0.05, 0) is 29.7 Å². The van der Waals surface area contributed by atoms with Crippen molar-refractivity contribution in [2.24, 2.45) is 0 Å². The highest BCUT2D eigenvalue weighted by atomic mass is 16.7. The van der Waals surface area contributed by atoms with E-state index in [1.165, 1.54) is 0 Å². The maximum absolute atomic E-state index is 12.1. The fourth-order valence-corrected chi connectivity index (χ4v) is 2.38. The number of fused-ring (bicyclic) bond motifs is 1. The monoisotopic (exact) mass is 326 g/mol. The minimum absolute atomic E-state index is 0.138. The molecule has 0 amide bonds. The summed E-state index contributed by atoms with van der Waals surface area (Å²) in [5.74, 6) is 0.686. The molecule has 24 heavy (non-hydrogen) atoms. The highest BCUT2D eigenvalue weighted by molar-refractivity contribution is 5.99. The van der Waals surface area contributed by atoms with Crippen LogP contribution in [0.3, 0.4) is 0 Å². The van der Waals surface area contributed by atoms with Crippen LogP contribution in [0.1, 0.15) is 46.0 Å². The van der Waals surface area contributed by atoms with E-state index in [0.29, 0.717) is 28.5 Å². The van der Waals surface area contributed by atoms with E-state index >= 15 is 0 Å². The van der Waals surface area contributed by atoms with Crippen LogP contribution in [0.2, 0.25) is 0 Å². The summed E-state index contributed by atoms with van der Waals surface area (Å²) in [7, 11) is 0. The van der Waals surface area contributed by atoms with Gasteiger partial charge in [-0.15, -0.1) is 0 Å². The average molecular weight is 326 g/mol. The Balaban J connectivity index is 1.60. The number of carbonyl (C=O) groups is 2. The van der Waals surface area contributed by atoms with Gasteiger partial charge in [0.2, 0.25) is 6.79 Å². The number of benzene rings is 2. The van der Waals surface area contributed by atoms with Crippen molar-refractivity contribution in [1.82, 2.24) is 0 Å². The molecule has 0 spiro atoms. The molecule has 5 nitrogen and oxygen atoms in total. The molecule has 0 saturated heterocycles. The molecule has 3 rings (SSSR count). The largest absolute Gasteiger partial charge is 0.454 e. The zero-order chi connectivity index (χ0) is 17.1. The van der Waals surface area contributed by atoms with Crippen molar-refractivity contribution in [2.75, 3.05) is 13.4 Å². The van der Waals surface area contributed by atoms with Crippen molar-refractivity contribution in [3.63, 3.8) is 0 Å². The second-order valence-corrected chi connectivity index (χ2v) is 5.84. The first kappa shape index (κ1) is 16.1. The number of carbonyl (C=O) groups excluding carboxylic acids is 2. The molecule has 0 N–H and O–H groups in total. The summed E-state index contributed by atoms with van der Waals surface area (Å²) in [6.07, 6.45) is 0. The van der Waals surface area contributed by atoms with Gasteiger partial charge in [-0.3, -0.25) is 4.79 Å². The van der Waals surface area contributed by atoms with Gasteiger partial charge in [-0.1, -0.05) is 38.1 Å². The van der Waals surface area contributed by atoms with Gasteiger partial charge in [-0.2, -0.15) is 0 Å². The number of ketones is 1. The van der Waals surface area contributed by atoms with Gasteiger partial charge in [-0.25, -0.2) is 4.79 Å². The average Bonchev–Trinajstić information content (AvgIpc) is 3.07. The second-order valence-electron chi connectivity index (χ2n) is 5.84. The smallest absolute Gasteiger partial charge is 0.338 e. The summed E-state index contributed by atoms with van der Waals surface area (Å²) >= 11 is 0. The third-order valence-corrected chi connectivity index (χ3v) is 3.84. The molecular weight excluding hydrogens is 308 g/mol. The van der Waals surface area contributed by atoms with Crippen molar-refractivity contribution in [3.05, 3.63) is 59.2 Å². The summed E-state index contributed by atoms with van der Waals surface area (Å²) in [4.78, 5) is 24.2. The van der Waals surface area contributed by atoms with Crippen LogP contribution < -0.4 is 9.47 Å². The van der Waals surface area contributed by atoms with Crippen LogP contribution in [0.15, 0.2) is 42.5 Å². The number of Topliss-reactive ketones (excluding diaryl/α,β-unsaturated/α-hetero) is 1. The molecule has 0 atom stereocenters. The SMILES string of the molecule is CC(C)c1ccc(C(=O)COC(=O)c2ccc3c(c2)OCO3)cc1. The molecule has 2 aromatic carbocycles. The molecule has 2 aromatic rings. The van der Waals surface area contributed by atoms with Gasteiger partial charge in [0.25, 0.3) is 0 Å². The van der Waals surface area contributed by atoms with Crippen LogP contribution in [0.4, 0.5) is 0 Å². The molecule has 0 aromatic heterocycles. The molecule has 0 fully saturated rings. The highest BCUT2D eigenvalue weighted by Gasteiger charge is 2.18. The molecule has 0 aliphatic carbocycles. The van der Waals surface area contributed by atoms with Crippen molar-refractivity contribution in [1.29, 1.82) is 0 Å². The fraction of sp³-hybridized carbons (Fsp3) is 0.263.